The van der Waals surface area contributed by atoms with Crippen molar-refractivity contribution in [2.45, 2.75) is 8.68 Å². The van der Waals surface area contributed by atoms with Crippen LogP contribution in [-0.4, -0.2) is 47.7 Å². The van der Waals surface area contributed by atoms with Crippen molar-refractivity contribution in [1.82, 2.24) is 10.2 Å². The molecule has 0 radical (unpaired) electrons. The lowest BCUT2D eigenvalue weighted by Crippen LogP contribution is -2.13. The number of carbonyl (C=O) groups is 2. The topological polar surface area (TPSA) is 102 Å². The average Bonchev–Trinajstić information content (AvgIpc) is 3.25. The van der Waals surface area contributed by atoms with Crippen LogP contribution in [0.1, 0.15) is 0 Å². The Bertz CT molecular complexity index is 930. The van der Waals surface area contributed by atoms with Crippen molar-refractivity contribution in [2.75, 3.05) is 36.4 Å². The van der Waals surface area contributed by atoms with Crippen molar-refractivity contribution in [2.24, 2.45) is 0 Å². The van der Waals surface area contributed by atoms with Crippen LogP contribution in [0.5, 0.6) is 11.5 Å². The number of thioether (sulfide) groups is 2. The Morgan fingerprint density at radius 2 is 1.16 bits per heavy atom. The number of anilines is 2. The molecule has 11 heteroatoms. The Morgan fingerprint density at radius 1 is 0.774 bits per heavy atom. The van der Waals surface area contributed by atoms with E-state index in [2.05, 4.69) is 20.8 Å². The van der Waals surface area contributed by atoms with Crippen molar-refractivity contribution in [3.05, 3.63) is 48.5 Å². The molecule has 0 spiro atoms. The molecule has 31 heavy (non-hydrogen) atoms. The van der Waals surface area contributed by atoms with Gasteiger partial charge in [-0.05, 0) is 48.5 Å². The van der Waals surface area contributed by atoms with E-state index < -0.39 is 0 Å². The zero-order chi connectivity index (χ0) is 22.1. The summed E-state index contributed by atoms with van der Waals surface area (Å²) in [4.78, 5) is 24.2. The average molecular weight is 477 g/mol. The lowest BCUT2D eigenvalue weighted by Gasteiger charge is -2.05. The number of hydrogen-bond acceptors (Lipinski definition) is 9. The first kappa shape index (κ1) is 22.9. The van der Waals surface area contributed by atoms with Gasteiger partial charge in [0.1, 0.15) is 11.5 Å². The molecule has 8 nitrogen and oxygen atoms in total. The number of nitrogens with one attached hydrogen (secondary N) is 2. The van der Waals surface area contributed by atoms with Gasteiger partial charge in [-0.2, -0.15) is 0 Å². The van der Waals surface area contributed by atoms with Gasteiger partial charge in [-0.1, -0.05) is 34.9 Å². The summed E-state index contributed by atoms with van der Waals surface area (Å²) in [6.07, 6.45) is 0. The third-order valence-corrected chi connectivity index (χ3v) is 6.98. The highest BCUT2D eigenvalue weighted by atomic mass is 32.2. The van der Waals surface area contributed by atoms with Gasteiger partial charge in [-0.25, -0.2) is 0 Å². The van der Waals surface area contributed by atoms with Crippen LogP contribution >= 0.6 is 34.9 Å². The maximum Gasteiger partial charge on any atom is 0.234 e. The van der Waals surface area contributed by atoms with Gasteiger partial charge in [-0.15, -0.1) is 10.2 Å². The van der Waals surface area contributed by atoms with Crippen LogP contribution in [0.25, 0.3) is 0 Å². The van der Waals surface area contributed by atoms with E-state index in [1.807, 2.05) is 0 Å². The van der Waals surface area contributed by atoms with Gasteiger partial charge >= 0.3 is 0 Å². The molecule has 0 aliphatic rings. The van der Waals surface area contributed by atoms with Crippen LogP contribution in [0.15, 0.2) is 57.2 Å². The number of benzene rings is 2. The minimum Gasteiger partial charge on any atom is -0.497 e. The van der Waals surface area contributed by atoms with Gasteiger partial charge in [0.2, 0.25) is 11.8 Å². The van der Waals surface area contributed by atoms with E-state index in [0.717, 1.165) is 11.5 Å². The third kappa shape index (κ3) is 7.46. The smallest absolute Gasteiger partial charge is 0.234 e. The van der Waals surface area contributed by atoms with Crippen LogP contribution in [0.3, 0.4) is 0 Å². The third-order valence-electron chi connectivity index (χ3n) is 3.79. The van der Waals surface area contributed by atoms with Gasteiger partial charge < -0.3 is 20.1 Å². The second kappa shape index (κ2) is 11.6. The summed E-state index contributed by atoms with van der Waals surface area (Å²) in [7, 11) is 3.18. The summed E-state index contributed by atoms with van der Waals surface area (Å²) in [5, 5.41) is 13.8. The van der Waals surface area contributed by atoms with Gasteiger partial charge in [0.05, 0.1) is 25.7 Å². The monoisotopic (exact) mass is 476 g/mol. The molecule has 1 heterocycles. The summed E-state index contributed by atoms with van der Waals surface area (Å²) in [6, 6.07) is 14.2. The fraction of sp³-hybridized carbons (Fsp3) is 0.200. The summed E-state index contributed by atoms with van der Waals surface area (Å²) >= 11 is 3.95. The summed E-state index contributed by atoms with van der Waals surface area (Å²) < 4.78 is 11.5. The SMILES string of the molecule is COc1ccc(NC(=O)CSc2nnc(SCC(=O)Nc3ccc(OC)cc3)s2)cc1. The molecule has 3 aromatic rings. The van der Waals surface area contributed by atoms with Crippen molar-refractivity contribution < 1.29 is 19.1 Å². The molecule has 2 aromatic carbocycles. The molecule has 2 amide bonds. The quantitative estimate of drug-likeness (QED) is 0.423. The standard InChI is InChI=1S/C20H20N4O4S3/c1-27-15-7-3-13(4-8-15)21-17(25)11-29-19-23-24-20(31-19)30-12-18(26)22-14-5-9-16(28-2)10-6-14/h3-10H,11-12H2,1-2H3,(H,21,25)(H,22,26). The highest BCUT2D eigenvalue weighted by molar-refractivity contribution is 8.03. The highest BCUT2D eigenvalue weighted by Crippen LogP contribution is 2.29. The minimum atomic E-state index is -0.140. The van der Waals surface area contributed by atoms with Gasteiger partial charge in [-0.3, -0.25) is 9.59 Å². The summed E-state index contributed by atoms with van der Waals surface area (Å²) in [5.41, 5.74) is 1.39. The second-order valence-electron chi connectivity index (χ2n) is 5.96. The number of rotatable bonds is 10. The van der Waals surface area contributed by atoms with Gasteiger partial charge in [0.15, 0.2) is 8.68 Å². The molecule has 0 fully saturated rings. The van der Waals surface area contributed by atoms with Crippen LogP contribution in [0, 0.1) is 0 Å². The minimum absolute atomic E-state index is 0.140. The van der Waals surface area contributed by atoms with Crippen molar-refractivity contribution in [1.29, 1.82) is 0 Å². The predicted octanol–water partition coefficient (Wildman–Crippen LogP) is 4.02. The first-order valence-corrected chi connectivity index (χ1v) is 11.8. The zero-order valence-corrected chi connectivity index (χ0v) is 19.2. The van der Waals surface area contributed by atoms with E-state index in [1.54, 1.807) is 62.8 Å². The molecular weight excluding hydrogens is 456 g/mol. The van der Waals surface area contributed by atoms with E-state index in [4.69, 9.17) is 9.47 Å². The number of ether oxygens (including phenoxy) is 2. The molecule has 0 aliphatic carbocycles. The first-order valence-electron chi connectivity index (χ1n) is 9.02. The number of hydrogen-bond donors (Lipinski definition) is 2. The molecule has 3 rings (SSSR count). The first-order chi connectivity index (χ1) is 15.1. The van der Waals surface area contributed by atoms with Gasteiger partial charge in [0, 0.05) is 11.4 Å². The fourth-order valence-corrected chi connectivity index (χ4v) is 4.93. The Kier molecular flexibility index (Phi) is 8.56. The lowest BCUT2D eigenvalue weighted by atomic mass is 10.3. The molecule has 0 saturated heterocycles. The van der Waals surface area contributed by atoms with Crippen molar-refractivity contribution in [3.63, 3.8) is 0 Å². The molecule has 0 atom stereocenters. The van der Waals surface area contributed by atoms with Gasteiger partial charge in [0.25, 0.3) is 0 Å². The molecule has 2 N–H and O–H groups in total. The van der Waals surface area contributed by atoms with Crippen LogP contribution in [0.4, 0.5) is 11.4 Å². The second-order valence-corrected chi connectivity index (χ2v) is 9.39. The van der Waals surface area contributed by atoms with Crippen LogP contribution in [-0.2, 0) is 9.59 Å². The van der Waals surface area contributed by atoms with E-state index in [9.17, 15) is 9.59 Å². The van der Waals surface area contributed by atoms with E-state index in [0.29, 0.717) is 20.1 Å². The van der Waals surface area contributed by atoms with Crippen LogP contribution in [0.2, 0.25) is 0 Å². The number of carbonyl (C=O) groups excluding carboxylic acids is 2. The summed E-state index contributed by atoms with van der Waals surface area (Å²) in [5.74, 6) is 1.59. The molecule has 1 aromatic heterocycles. The number of aromatic nitrogens is 2. The zero-order valence-electron chi connectivity index (χ0n) is 16.8. The van der Waals surface area contributed by atoms with E-state index >= 15 is 0 Å². The largest absolute Gasteiger partial charge is 0.497 e. The molecule has 0 bridgehead atoms. The fourth-order valence-electron chi connectivity index (χ4n) is 2.31. The highest BCUT2D eigenvalue weighted by Gasteiger charge is 2.11. The Balaban J connectivity index is 1.39. The van der Waals surface area contributed by atoms with E-state index in [1.165, 1.54) is 34.9 Å². The Hall–Kier alpha value is -2.76. The normalized spacial score (nSPS) is 10.4. The maximum absolute atomic E-state index is 12.1. The molecular formula is C20H20N4O4S3. The number of nitrogens with zero attached hydrogens (tertiary/aromatic N) is 2. The number of amides is 2. The summed E-state index contributed by atoms with van der Waals surface area (Å²) in [6.45, 7) is 0. The Morgan fingerprint density at radius 3 is 1.52 bits per heavy atom. The predicted molar refractivity (Wildman–Crippen MR) is 125 cm³/mol. The molecule has 0 aliphatic heterocycles. The molecule has 0 saturated carbocycles. The maximum atomic E-state index is 12.1. The van der Waals surface area contributed by atoms with Crippen LogP contribution < -0.4 is 20.1 Å². The van der Waals surface area contributed by atoms with E-state index in [-0.39, 0.29) is 23.3 Å². The Labute approximate surface area is 192 Å². The lowest BCUT2D eigenvalue weighted by molar-refractivity contribution is -0.114. The molecule has 162 valence electrons. The van der Waals surface area contributed by atoms with Crippen molar-refractivity contribution in [3.8, 4) is 11.5 Å². The van der Waals surface area contributed by atoms with Crippen molar-refractivity contribution >= 4 is 58.0 Å². The number of methoxy groups -OCH3 is 2. The molecule has 0 unspecified atom stereocenters.